The Hall–Kier alpha value is -1.56. The van der Waals surface area contributed by atoms with E-state index in [1.807, 2.05) is 42.5 Å². The molecule has 3 nitrogen and oxygen atoms in total. The molecule has 0 saturated heterocycles. The average Bonchev–Trinajstić information content (AvgIpc) is 2.78. The van der Waals surface area contributed by atoms with Crippen molar-refractivity contribution in [3.8, 4) is 0 Å². The van der Waals surface area contributed by atoms with Crippen LogP contribution in [0.25, 0.3) is 11.3 Å². The summed E-state index contributed by atoms with van der Waals surface area (Å²) in [6, 6.07) is 15.0. The molecule has 0 N–H and O–H groups in total. The van der Waals surface area contributed by atoms with E-state index in [0.29, 0.717) is 16.2 Å². The van der Waals surface area contributed by atoms with Gasteiger partial charge in [-0.05, 0) is 64.7 Å². The van der Waals surface area contributed by atoms with Gasteiger partial charge in [0.2, 0.25) is 5.78 Å². The molecule has 0 aromatic heterocycles. The third kappa shape index (κ3) is 3.04. The largest absolute Gasteiger partial charge is 0.612 e. The van der Waals surface area contributed by atoms with Crippen LogP contribution in [-0.4, -0.2) is 22.2 Å². The van der Waals surface area contributed by atoms with Crippen molar-refractivity contribution >= 4 is 44.2 Å². The van der Waals surface area contributed by atoms with Crippen molar-refractivity contribution < 1.29 is 14.1 Å². The van der Waals surface area contributed by atoms with Gasteiger partial charge >= 0.3 is 0 Å². The van der Waals surface area contributed by atoms with Crippen LogP contribution in [0.2, 0.25) is 0 Å². The fourth-order valence-corrected chi connectivity index (χ4v) is 4.36. The first-order chi connectivity index (χ1) is 11.3. The number of hydrogen-bond donors (Lipinski definition) is 0. The maximum absolute atomic E-state index is 12.8. The summed E-state index contributed by atoms with van der Waals surface area (Å²) in [6.07, 6.45) is 1.63. The summed E-state index contributed by atoms with van der Waals surface area (Å²) in [4.78, 5) is 13.5. The van der Waals surface area contributed by atoms with Crippen LogP contribution in [0.15, 0.2) is 57.9 Å². The first-order valence-corrected chi connectivity index (χ1v) is 9.83. The maximum Gasteiger partial charge on any atom is 0.210 e. The van der Waals surface area contributed by atoms with E-state index in [-0.39, 0.29) is 5.78 Å². The summed E-state index contributed by atoms with van der Waals surface area (Å²) >= 11 is 2.37. The Kier molecular flexibility index (Phi) is 4.60. The number of halogens is 1. The molecule has 5 heteroatoms. The Balaban J connectivity index is 2.17. The van der Waals surface area contributed by atoms with Gasteiger partial charge in [0.05, 0.1) is 10.0 Å². The highest BCUT2D eigenvalue weighted by atomic mass is 79.9. The van der Waals surface area contributed by atoms with Crippen LogP contribution in [0.1, 0.15) is 25.0 Å². The van der Waals surface area contributed by atoms with Crippen LogP contribution in [0.4, 0.5) is 0 Å². The van der Waals surface area contributed by atoms with Crippen molar-refractivity contribution in [2.24, 2.45) is 0 Å². The molecule has 1 unspecified atom stereocenters. The van der Waals surface area contributed by atoms with Crippen LogP contribution < -0.4 is 0 Å². The lowest BCUT2D eigenvalue weighted by Crippen LogP contribution is -2.29. The number of hydrogen-bond acceptors (Lipinski definition) is 3. The standard InChI is InChI=1S/C19H17BrO3S/c1-19(2)18(21)16(12-7-5-4-6-8-12)17(23-19)13-9-10-15(24(3)22)14(20)11-13/h4-11H,1-3H3. The quantitative estimate of drug-likeness (QED) is 0.710. The molecular weight excluding hydrogens is 388 g/mol. The molecule has 2 aromatic carbocycles. The van der Waals surface area contributed by atoms with Crippen molar-refractivity contribution in [3.05, 3.63) is 64.1 Å². The van der Waals surface area contributed by atoms with Crippen molar-refractivity contribution in [2.75, 3.05) is 6.26 Å². The monoisotopic (exact) mass is 404 g/mol. The molecule has 3 rings (SSSR count). The highest BCUT2D eigenvalue weighted by Gasteiger charge is 2.42. The zero-order valence-electron chi connectivity index (χ0n) is 13.6. The average molecular weight is 405 g/mol. The first kappa shape index (κ1) is 17.3. The molecule has 0 saturated carbocycles. The number of ether oxygens (including phenoxy) is 1. The van der Waals surface area contributed by atoms with Gasteiger partial charge in [0, 0.05) is 5.56 Å². The minimum absolute atomic E-state index is 0.0389. The van der Waals surface area contributed by atoms with Gasteiger partial charge in [-0.3, -0.25) is 4.79 Å². The lowest BCUT2D eigenvalue weighted by molar-refractivity contribution is -0.125. The third-order valence-electron chi connectivity index (χ3n) is 3.92. The molecule has 0 bridgehead atoms. The Morgan fingerprint density at radius 2 is 1.75 bits per heavy atom. The predicted octanol–water partition coefficient (Wildman–Crippen LogP) is 4.43. The summed E-state index contributed by atoms with van der Waals surface area (Å²) in [5.74, 6) is 0.522. The van der Waals surface area contributed by atoms with Gasteiger partial charge in [-0.1, -0.05) is 30.3 Å². The molecule has 0 amide bonds. The van der Waals surface area contributed by atoms with Crippen molar-refractivity contribution in [3.63, 3.8) is 0 Å². The fraction of sp³-hybridized carbons (Fsp3) is 0.211. The molecule has 0 spiro atoms. The maximum atomic E-state index is 12.8. The van der Waals surface area contributed by atoms with Gasteiger partial charge in [-0.25, -0.2) is 0 Å². The van der Waals surface area contributed by atoms with Crippen LogP contribution >= 0.6 is 15.9 Å². The second-order valence-corrected chi connectivity index (χ2v) is 8.31. The van der Waals surface area contributed by atoms with E-state index in [9.17, 15) is 9.35 Å². The van der Waals surface area contributed by atoms with Crippen LogP contribution in [0.3, 0.4) is 0 Å². The van der Waals surface area contributed by atoms with Crippen LogP contribution in [-0.2, 0) is 20.7 Å². The minimum atomic E-state index is -1.09. The third-order valence-corrected chi connectivity index (χ3v) is 5.82. The molecule has 1 heterocycles. The molecule has 124 valence electrons. The minimum Gasteiger partial charge on any atom is -0.612 e. The number of carbonyl (C=O) groups is 1. The number of Topliss-reactive ketones (excluding diaryl/α,β-unsaturated/α-hetero) is 1. The normalized spacial score (nSPS) is 17.8. The summed E-state index contributed by atoms with van der Waals surface area (Å²) in [5.41, 5.74) is 1.30. The van der Waals surface area contributed by atoms with Gasteiger partial charge < -0.3 is 9.29 Å². The Labute approximate surface area is 153 Å². The van der Waals surface area contributed by atoms with E-state index >= 15 is 0 Å². The van der Waals surface area contributed by atoms with Gasteiger partial charge in [0.15, 0.2) is 10.5 Å². The number of carbonyl (C=O) groups excluding carboxylic acids is 1. The van der Waals surface area contributed by atoms with Crippen molar-refractivity contribution in [1.29, 1.82) is 0 Å². The highest BCUT2D eigenvalue weighted by Crippen LogP contribution is 2.42. The van der Waals surface area contributed by atoms with E-state index in [1.165, 1.54) is 0 Å². The molecule has 1 aliphatic heterocycles. The fourth-order valence-electron chi connectivity index (χ4n) is 2.70. The van der Waals surface area contributed by atoms with Gasteiger partial charge in [0.1, 0.15) is 12.0 Å². The van der Waals surface area contributed by atoms with Crippen molar-refractivity contribution in [2.45, 2.75) is 24.3 Å². The molecule has 1 aliphatic rings. The van der Waals surface area contributed by atoms with E-state index in [1.54, 1.807) is 26.2 Å². The Morgan fingerprint density at radius 1 is 1.08 bits per heavy atom. The molecule has 24 heavy (non-hydrogen) atoms. The van der Waals surface area contributed by atoms with Gasteiger partial charge in [-0.2, -0.15) is 0 Å². The number of ketones is 1. The second kappa shape index (κ2) is 6.39. The summed E-state index contributed by atoms with van der Waals surface area (Å²) in [5, 5.41) is 0. The SMILES string of the molecule is C[S+]([O-])c1ccc(C2=C(c3ccccc3)C(=O)C(C)(C)O2)cc1Br. The molecule has 2 aromatic rings. The number of rotatable bonds is 3. The molecule has 1 atom stereocenters. The second-order valence-electron chi connectivity index (χ2n) is 6.11. The van der Waals surface area contributed by atoms with Crippen molar-refractivity contribution in [1.82, 2.24) is 0 Å². The first-order valence-electron chi connectivity index (χ1n) is 7.48. The van der Waals surface area contributed by atoms with Crippen LogP contribution in [0.5, 0.6) is 0 Å². The zero-order valence-corrected chi connectivity index (χ0v) is 16.0. The highest BCUT2D eigenvalue weighted by molar-refractivity contribution is 9.10. The topological polar surface area (TPSA) is 49.4 Å². The summed E-state index contributed by atoms with van der Waals surface area (Å²) < 4.78 is 18.5. The molecule has 0 radical (unpaired) electrons. The Bertz CT molecular complexity index is 826. The van der Waals surface area contributed by atoms with E-state index in [2.05, 4.69) is 15.9 Å². The summed E-state index contributed by atoms with van der Waals surface area (Å²) in [6.45, 7) is 3.55. The van der Waals surface area contributed by atoms with E-state index in [4.69, 9.17) is 4.74 Å². The smallest absolute Gasteiger partial charge is 0.210 e. The molecular formula is C19H17BrO3S. The predicted molar refractivity (Wildman–Crippen MR) is 99.9 cm³/mol. The molecule has 0 aliphatic carbocycles. The Morgan fingerprint density at radius 3 is 2.33 bits per heavy atom. The lowest BCUT2D eigenvalue weighted by atomic mass is 9.93. The zero-order chi connectivity index (χ0) is 17.5. The summed E-state index contributed by atoms with van der Waals surface area (Å²) in [7, 11) is 0. The number of benzene rings is 2. The van der Waals surface area contributed by atoms with Gasteiger partial charge in [0.25, 0.3) is 0 Å². The van der Waals surface area contributed by atoms with E-state index < -0.39 is 16.8 Å². The molecule has 0 fully saturated rings. The van der Waals surface area contributed by atoms with E-state index in [0.717, 1.165) is 15.6 Å². The lowest BCUT2D eigenvalue weighted by Gasteiger charge is -2.18. The van der Waals surface area contributed by atoms with Crippen LogP contribution in [0, 0.1) is 0 Å². The van der Waals surface area contributed by atoms with Gasteiger partial charge in [-0.15, -0.1) is 0 Å².